The summed E-state index contributed by atoms with van der Waals surface area (Å²) in [4.78, 5) is 2.89. The van der Waals surface area contributed by atoms with Crippen LogP contribution in [0.1, 0.15) is 35.2 Å². The van der Waals surface area contributed by atoms with Crippen molar-refractivity contribution in [3.63, 3.8) is 0 Å². The number of aromatic nitrogens is 2. The number of likely N-dealkylation sites (N-methyl/N-ethyl adjacent to an activating group) is 1. The van der Waals surface area contributed by atoms with E-state index in [-0.39, 0.29) is 0 Å². The first-order valence-corrected chi connectivity index (χ1v) is 8.65. The first kappa shape index (κ1) is 13.2. The molecule has 0 aromatic carbocycles. The third-order valence-corrected chi connectivity index (χ3v) is 5.83. The van der Waals surface area contributed by atoms with Crippen molar-refractivity contribution in [3.8, 4) is 9.88 Å². The molecule has 1 aliphatic rings. The van der Waals surface area contributed by atoms with Gasteiger partial charge in [0.05, 0.1) is 4.88 Å². The van der Waals surface area contributed by atoms with E-state index in [4.69, 9.17) is 0 Å². The van der Waals surface area contributed by atoms with Crippen LogP contribution in [0.3, 0.4) is 0 Å². The molecule has 2 aromatic heterocycles. The predicted molar refractivity (Wildman–Crippen MR) is 82.1 cm³/mol. The minimum atomic E-state index is 0.983. The zero-order chi connectivity index (χ0) is 13.1. The Bertz CT molecular complexity index is 521. The molecule has 2 aromatic rings. The normalized spacial score (nSPS) is 14.6. The highest BCUT2D eigenvalue weighted by Gasteiger charge is 2.16. The Morgan fingerprint density at radius 2 is 2.11 bits per heavy atom. The van der Waals surface area contributed by atoms with E-state index < -0.39 is 0 Å². The summed E-state index contributed by atoms with van der Waals surface area (Å²) >= 11 is 3.67. The van der Waals surface area contributed by atoms with Gasteiger partial charge in [-0.2, -0.15) is 0 Å². The summed E-state index contributed by atoms with van der Waals surface area (Å²) in [5.41, 5.74) is 1.55. The van der Waals surface area contributed by atoms with Gasteiger partial charge in [0.25, 0.3) is 0 Å². The van der Waals surface area contributed by atoms with E-state index in [0.717, 1.165) is 29.5 Å². The molecule has 1 aliphatic carbocycles. The highest BCUT2D eigenvalue weighted by atomic mass is 32.1. The van der Waals surface area contributed by atoms with Gasteiger partial charge >= 0.3 is 0 Å². The Morgan fingerprint density at radius 3 is 2.95 bits per heavy atom. The van der Waals surface area contributed by atoms with Gasteiger partial charge in [0.2, 0.25) is 0 Å². The van der Waals surface area contributed by atoms with E-state index in [0.29, 0.717) is 0 Å². The maximum atomic E-state index is 4.36. The van der Waals surface area contributed by atoms with Crippen LogP contribution in [0.15, 0.2) is 6.07 Å². The van der Waals surface area contributed by atoms with Crippen molar-refractivity contribution in [2.75, 3.05) is 13.1 Å². The van der Waals surface area contributed by atoms with Crippen LogP contribution < -0.4 is 5.32 Å². The van der Waals surface area contributed by atoms with Gasteiger partial charge in [0.15, 0.2) is 5.01 Å². The van der Waals surface area contributed by atoms with Crippen molar-refractivity contribution < 1.29 is 0 Å². The molecule has 102 valence electrons. The summed E-state index contributed by atoms with van der Waals surface area (Å²) < 4.78 is 0. The molecule has 0 fully saturated rings. The van der Waals surface area contributed by atoms with Gasteiger partial charge in [-0.15, -0.1) is 21.5 Å². The molecule has 3 rings (SSSR count). The van der Waals surface area contributed by atoms with Crippen LogP contribution in [0.25, 0.3) is 9.88 Å². The fourth-order valence-corrected chi connectivity index (χ4v) is 4.56. The van der Waals surface area contributed by atoms with Crippen molar-refractivity contribution in [3.05, 3.63) is 21.5 Å². The lowest BCUT2D eigenvalue weighted by Gasteiger charge is -2.08. The quantitative estimate of drug-likeness (QED) is 0.860. The van der Waals surface area contributed by atoms with Crippen molar-refractivity contribution >= 4 is 22.7 Å². The Morgan fingerprint density at radius 1 is 1.21 bits per heavy atom. The van der Waals surface area contributed by atoms with Crippen LogP contribution in [0.2, 0.25) is 0 Å². The van der Waals surface area contributed by atoms with E-state index in [9.17, 15) is 0 Å². The standard InChI is InChI=1S/C14H19N3S2/c1-2-15-8-7-13-16-17-14(19-13)12-9-10-5-3-4-6-11(10)18-12/h9,15H,2-8H2,1H3. The molecule has 0 amide bonds. The lowest BCUT2D eigenvalue weighted by atomic mass is 9.99. The first-order chi connectivity index (χ1) is 9.36. The molecule has 5 heteroatoms. The van der Waals surface area contributed by atoms with E-state index in [1.807, 2.05) is 11.3 Å². The molecule has 0 saturated heterocycles. The topological polar surface area (TPSA) is 37.8 Å². The Labute approximate surface area is 122 Å². The number of hydrogen-bond donors (Lipinski definition) is 1. The van der Waals surface area contributed by atoms with Crippen molar-refractivity contribution in [1.29, 1.82) is 0 Å². The summed E-state index contributed by atoms with van der Waals surface area (Å²) in [6, 6.07) is 2.34. The highest BCUT2D eigenvalue weighted by Crippen LogP contribution is 2.36. The molecule has 0 unspecified atom stereocenters. The van der Waals surface area contributed by atoms with E-state index >= 15 is 0 Å². The number of hydrogen-bond acceptors (Lipinski definition) is 5. The summed E-state index contributed by atoms with van der Waals surface area (Å²) in [7, 11) is 0. The maximum Gasteiger partial charge on any atom is 0.157 e. The maximum absolute atomic E-state index is 4.36. The average Bonchev–Trinajstić information content (AvgIpc) is 3.04. The predicted octanol–water partition coefficient (Wildman–Crippen LogP) is 3.30. The van der Waals surface area contributed by atoms with Crippen molar-refractivity contribution in [1.82, 2.24) is 15.5 Å². The van der Waals surface area contributed by atoms with Crippen LogP contribution in [-0.4, -0.2) is 23.3 Å². The van der Waals surface area contributed by atoms with Gasteiger partial charge < -0.3 is 5.32 Å². The Hall–Kier alpha value is -0.780. The number of nitrogens with one attached hydrogen (secondary N) is 1. The number of thiophene rings is 1. The molecule has 3 nitrogen and oxygen atoms in total. The lowest BCUT2D eigenvalue weighted by Crippen LogP contribution is -2.15. The molecule has 0 bridgehead atoms. The molecule has 19 heavy (non-hydrogen) atoms. The fraction of sp³-hybridized carbons (Fsp3) is 0.571. The highest BCUT2D eigenvalue weighted by molar-refractivity contribution is 7.21. The van der Waals surface area contributed by atoms with Crippen LogP contribution >= 0.6 is 22.7 Å². The Kier molecular flexibility index (Phi) is 4.25. The molecule has 0 saturated carbocycles. The van der Waals surface area contributed by atoms with Crippen molar-refractivity contribution in [2.45, 2.75) is 39.0 Å². The van der Waals surface area contributed by atoms with Crippen LogP contribution in [-0.2, 0) is 19.3 Å². The second kappa shape index (κ2) is 6.11. The monoisotopic (exact) mass is 293 g/mol. The molecule has 1 N–H and O–H groups in total. The van der Waals surface area contributed by atoms with Gasteiger partial charge in [0, 0.05) is 17.8 Å². The van der Waals surface area contributed by atoms with Crippen LogP contribution in [0.4, 0.5) is 0 Å². The molecule has 2 heterocycles. The number of fused-ring (bicyclic) bond motifs is 1. The van der Waals surface area contributed by atoms with Gasteiger partial charge in [-0.3, -0.25) is 0 Å². The molecule has 0 aliphatic heterocycles. The average molecular weight is 293 g/mol. The fourth-order valence-electron chi connectivity index (χ4n) is 2.42. The first-order valence-electron chi connectivity index (χ1n) is 7.02. The van der Waals surface area contributed by atoms with Crippen molar-refractivity contribution in [2.24, 2.45) is 0 Å². The number of aryl methyl sites for hydroxylation is 2. The van der Waals surface area contributed by atoms with E-state index in [1.54, 1.807) is 21.8 Å². The molecule has 0 radical (unpaired) electrons. The molecular weight excluding hydrogens is 274 g/mol. The molecule has 0 atom stereocenters. The summed E-state index contributed by atoms with van der Waals surface area (Å²) in [5.74, 6) is 0. The third kappa shape index (κ3) is 3.04. The zero-order valence-corrected chi connectivity index (χ0v) is 12.9. The Balaban J connectivity index is 1.73. The summed E-state index contributed by atoms with van der Waals surface area (Å²) in [6.45, 7) is 4.14. The van der Waals surface area contributed by atoms with Crippen LogP contribution in [0, 0.1) is 0 Å². The van der Waals surface area contributed by atoms with Gasteiger partial charge in [-0.25, -0.2) is 0 Å². The summed E-state index contributed by atoms with van der Waals surface area (Å²) in [5, 5.41) is 14.2. The van der Waals surface area contributed by atoms with E-state index in [1.165, 1.54) is 30.6 Å². The summed E-state index contributed by atoms with van der Waals surface area (Å²) in [6.07, 6.45) is 6.17. The SMILES string of the molecule is CCNCCc1nnc(-c2cc3c(s2)CCCC3)s1. The number of nitrogens with zero attached hydrogens (tertiary/aromatic N) is 2. The molecule has 0 spiro atoms. The minimum absolute atomic E-state index is 0.983. The number of rotatable bonds is 5. The van der Waals surface area contributed by atoms with Crippen LogP contribution in [0.5, 0.6) is 0 Å². The second-order valence-corrected chi connectivity index (χ2v) is 7.07. The largest absolute Gasteiger partial charge is 0.317 e. The lowest BCUT2D eigenvalue weighted by molar-refractivity contribution is 0.697. The molecular formula is C14H19N3S2. The van der Waals surface area contributed by atoms with Gasteiger partial charge in [-0.1, -0.05) is 18.3 Å². The van der Waals surface area contributed by atoms with E-state index in [2.05, 4.69) is 28.5 Å². The smallest absolute Gasteiger partial charge is 0.157 e. The van der Waals surface area contributed by atoms with Gasteiger partial charge in [-0.05, 0) is 43.9 Å². The zero-order valence-electron chi connectivity index (χ0n) is 11.2. The third-order valence-electron chi connectivity index (χ3n) is 3.44. The minimum Gasteiger partial charge on any atom is -0.317 e. The second-order valence-electron chi connectivity index (χ2n) is 4.87. The van der Waals surface area contributed by atoms with Gasteiger partial charge in [0.1, 0.15) is 5.01 Å².